The van der Waals surface area contributed by atoms with Gasteiger partial charge < -0.3 is 14.8 Å². The highest BCUT2D eigenvalue weighted by molar-refractivity contribution is 6.30. The molecule has 0 aromatic heterocycles. The van der Waals surface area contributed by atoms with Crippen LogP contribution in [0.3, 0.4) is 0 Å². The van der Waals surface area contributed by atoms with Crippen molar-refractivity contribution in [1.29, 1.82) is 0 Å². The SMILES string of the molecule is COc1ccc2c(c1)OC(C)(C)CC2NC(=O)c1ccc(Cl)cc1. The molecule has 1 heterocycles. The summed E-state index contributed by atoms with van der Waals surface area (Å²) < 4.78 is 11.3. The van der Waals surface area contributed by atoms with E-state index in [2.05, 4.69) is 5.32 Å². The predicted octanol–water partition coefficient (Wildman–Crippen LogP) is 4.38. The minimum absolute atomic E-state index is 0.127. The molecule has 1 unspecified atom stereocenters. The number of hydrogen-bond acceptors (Lipinski definition) is 3. The summed E-state index contributed by atoms with van der Waals surface area (Å²) in [5.41, 5.74) is 1.16. The van der Waals surface area contributed by atoms with E-state index in [1.165, 1.54) is 0 Å². The molecule has 4 nitrogen and oxygen atoms in total. The lowest BCUT2D eigenvalue weighted by Crippen LogP contribution is -2.41. The van der Waals surface area contributed by atoms with Crippen LogP contribution in [-0.4, -0.2) is 18.6 Å². The number of carbonyl (C=O) groups excluding carboxylic acids is 1. The minimum atomic E-state index is -0.378. The maximum atomic E-state index is 12.5. The second-order valence-electron chi connectivity index (χ2n) is 6.50. The van der Waals surface area contributed by atoms with Gasteiger partial charge in [-0.05, 0) is 50.2 Å². The fraction of sp³-hybridized carbons (Fsp3) is 0.316. The Morgan fingerprint density at radius 1 is 1.25 bits per heavy atom. The van der Waals surface area contributed by atoms with Crippen molar-refractivity contribution < 1.29 is 14.3 Å². The quantitative estimate of drug-likeness (QED) is 0.898. The van der Waals surface area contributed by atoms with Crippen LogP contribution in [0, 0.1) is 0 Å². The van der Waals surface area contributed by atoms with Crippen LogP contribution < -0.4 is 14.8 Å². The van der Waals surface area contributed by atoms with Gasteiger partial charge in [-0.2, -0.15) is 0 Å². The van der Waals surface area contributed by atoms with Gasteiger partial charge in [0.2, 0.25) is 0 Å². The number of ether oxygens (including phenoxy) is 2. The number of benzene rings is 2. The normalized spacial score (nSPS) is 18.2. The topological polar surface area (TPSA) is 47.6 Å². The Bertz CT molecular complexity index is 756. The standard InChI is InChI=1S/C19H20ClNO3/c1-19(2)11-16(15-9-8-14(23-3)10-17(15)24-19)21-18(22)12-4-6-13(20)7-5-12/h4-10,16H,11H2,1-3H3,(H,21,22). The summed E-state index contributed by atoms with van der Waals surface area (Å²) in [6.45, 7) is 4.02. The van der Waals surface area contributed by atoms with E-state index >= 15 is 0 Å². The van der Waals surface area contributed by atoms with Gasteiger partial charge in [-0.25, -0.2) is 0 Å². The zero-order chi connectivity index (χ0) is 17.3. The molecule has 1 amide bonds. The van der Waals surface area contributed by atoms with Crippen LogP contribution in [0.25, 0.3) is 0 Å². The Labute approximate surface area is 146 Å². The summed E-state index contributed by atoms with van der Waals surface area (Å²) in [4.78, 5) is 12.5. The third-order valence-corrected chi connectivity index (χ3v) is 4.34. The van der Waals surface area contributed by atoms with Crippen LogP contribution in [0.5, 0.6) is 11.5 Å². The number of halogens is 1. The molecule has 0 bridgehead atoms. The molecule has 3 rings (SSSR count). The van der Waals surface area contributed by atoms with Gasteiger partial charge in [-0.15, -0.1) is 0 Å². The molecule has 0 saturated heterocycles. The first kappa shape index (κ1) is 16.7. The highest BCUT2D eigenvalue weighted by atomic mass is 35.5. The molecule has 0 radical (unpaired) electrons. The fourth-order valence-corrected chi connectivity index (χ4v) is 3.06. The summed E-state index contributed by atoms with van der Waals surface area (Å²) in [7, 11) is 1.62. The lowest BCUT2D eigenvalue weighted by molar-refractivity contribution is 0.0617. The maximum Gasteiger partial charge on any atom is 0.251 e. The van der Waals surface area contributed by atoms with Gasteiger partial charge in [0.05, 0.1) is 13.2 Å². The number of hydrogen-bond donors (Lipinski definition) is 1. The number of rotatable bonds is 3. The summed E-state index contributed by atoms with van der Waals surface area (Å²) >= 11 is 5.88. The molecule has 2 aromatic carbocycles. The van der Waals surface area contributed by atoms with Crippen molar-refractivity contribution in [3.63, 3.8) is 0 Å². The van der Waals surface area contributed by atoms with E-state index in [4.69, 9.17) is 21.1 Å². The number of methoxy groups -OCH3 is 1. The largest absolute Gasteiger partial charge is 0.497 e. The fourth-order valence-electron chi connectivity index (χ4n) is 2.93. The highest BCUT2D eigenvalue weighted by Crippen LogP contribution is 2.41. The van der Waals surface area contributed by atoms with Crippen molar-refractivity contribution in [3.8, 4) is 11.5 Å². The highest BCUT2D eigenvalue weighted by Gasteiger charge is 2.34. The monoisotopic (exact) mass is 345 g/mol. The summed E-state index contributed by atoms with van der Waals surface area (Å²) in [5.74, 6) is 1.34. The number of carbonyl (C=O) groups is 1. The van der Waals surface area contributed by atoms with E-state index < -0.39 is 0 Å². The van der Waals surface area contributed by atoms with E-state index in [0.29, 0.717) is 17.0 Å². The van der Waals surface area contributed by atoms with Crippen molar-refractivity contribution in [2.24, 2.45) is 0 Å². The number of amides is 1. The average Bonchev–Trinajstić information content (AvgIpc) is 2.53. The molecule has 1 N–H and O–H groups in total. The molecule has 0 fully saturated rings. The third-order valence-electron chi connectivity index (χ3n) is 4.09. The molecule has 0 saturated carbocycles. The molecular formula is C19H20ClNO3. The van der Waals surface area contributed by atoms with Crippen LogP contribution in [0.2, 0.25) is 5.02 Å². The van der Waals surface area contributed by atoms with Crippen LogP contribution in [0.1, 0.15) is 42.2 Å². The van der Waals surface area contributed by atoms with Gasteiger partial charge in [0.15, 0.2) is 0 Å². The van der Waals surface area contributed by atoms with E-state index in [1.807, 2.05) is 32.0 Å². The Hall–Kier alpha value is -2.20. The van der Waals surface area contributed by atoms with Gasteiger partial charge in [-0.1, -0.05) is 11.6 Å². The summed E-state index contributed by atoms with van der Waals surface area (Å²) in [6, 6.07) is 12.4. The van der Waals surface area contributed by atoms with Crippen molar-refractivity contribution in [1.82, 2.24) is 5.32 Å². The Balaban J connectivity index is 1.88. The predicted molar refractivity (Wildman–Crippen MR) is 94.0 cm³/mol. The van der Waals surface area contributed by atoms with Crippen molar-refractivity contribution >= 4 is 17.5 Å². The molecule has 1 atom stereocenters. The van der Waals surface area contributed by atoms with Gasteiger partial charge in [0.1, 0.15) is 17.1 Å². The first-order valence-corrected chi connectivity index (χ1v) is 8.19. The molecule has 1 aliphatic heterocycles. The molecule has 0 aliphatic carbocycles. The molecule has 126 valence electrons. The number of fused-ring (bicyclic) bond motifs is 1. The summed E-state index contributed by atoms with van der Waals surface area (Å²) in [5, 5.41) is 3.71. The zero-order valence-electron chi connectivity index (χ0n) is 13.9. The van der Waals surface area contributed by atoms with E-state index in [9.17, 15) is 4.79 Å². The summed E-state index contributed by atoms with van der Waals surface area (Å²) in [6.07, 6.45) is 0.686. The third kappa shape index (κ3) is 3.49. The van der Waals surface area contributed by atoms with Crippen molar-refractivity contribution in [3.05, 3.63) is 58.6 Å². The van der Waals surface area contributed by atoms with E-state index in [-0.39, 0.29) is 17.6 Å². The van der Waals surface area contributed by atoms with E-state index in [1.54, 1.807) is 31.4 Å². The van der Waals surface area contributed by atoms with Gasteiger partial charge >= 0.3 is 0 Å². The average molecular weight is 346 g/mol. The van der Waals surface area contributed by atoms with Gasteiger partial charge in [-0.3, -0.25) is 4.79 Å². The van der Waals surface area contributed by atoms with Crippen LogP contribution in [-0.2, 0) is 0 Å². The van der Waals surface area contributed by atoms with Crippen molar-refractivity contribution in [2.75, 3.05) is 7.11 Å². The van der Waals surface area contributed by atoms with Crippen LogP contribution >= 0.6 is 11.6 Å². The second-order valence-corrected chi connectivity index (χ2v) is 6.94. The van der Waals surface area contributed by atoms with Gasteiger partial charge in [0, 0.05) is 28.6 Å². The lowest BCUT2D eigenvalue weighted by atomic mass is 9.89. The molecule has 0 spiro atoms. The molecular weight excluding hydrogens is 326 g/mol. The Morgan fingerprint density at radius 3 is 2.62 bits per heavy atom. The molecule has 24 heavy (non-hydrogen) atoms. The van der Waals surface area contributed by atoms with Crippen LogP contribution in [0.15, 0.2) is 42.5 Å². The van der Waals surface area contributed by atoms with Gasteiger partial charge in [0.25, 0.3) is 5.91 Å². The Morgan fingerprint density at radius 2 is 1.96 bits per heavy atom. The first-order valence-electron chi connectivity index (χ1n) is 7.81. The molecule has 5 heteroatoms. The Kier molecular flexibility index (Phi) is 4.41. The van der Waals surface area contributed by atoms with E-state index in [0.717, 1.165) is 17.1 Å². The maximum absolute atomic E-state index is 12.5. The minimum Gasteiger partial charge on any atom is -0.497 e. The number of nitrogens with one attached hydrogen (secondary N) is 1. The zero-order valence-corrected chi connectivity index (χ0v) is 14.7. The van der Waals surface area contributed by atoms with Crippen molar-refractivity contribution in [2.45, 2.75) is 31.9 Å². The second kappa shape index (κ2) is 6.36. The first-order chi connectivity index (χ1) is 11.4. The lowest BCUT2D eigenvalue weighted by Gasteiger charge is -2.38. The molecule has 1 aliphatic rings. The van der Waals surface area contributed by atoms with Crippen LogP contribution in [0.4, 0.5) is 0 Å². The smallest absolute Gasteiger partial charge is 0.251 e. The molecule has 2 aromatic rings.